The van der Waals surface area contributed by atoms with E-state index in [0.717, 1.165) is 24.1 Å². The number of aliphatic imine (C=N–C) groups is 1. The zero-order chi connectivity index (χ0) is 16.8. The van der Waals surface area contributed by atoms with E-state index in [1.807, 2.05) is 24.3 Å². The Hall–Kier alpha value is -1.67. The summed E-state index contributed by atoms with van der Waals surface area (Å²) in [5, 5.41) is 3.12. The second-order valence-electron chi connectivity index (χ2n) is 6.02. The molecule has 0 bridgehead atoms. The Morgan fingerprint density at radius 1 is 1.38 bits per heavy atom. The van der Waals surface area contributed by atoms with Gasteiger partial charge in [0.05, 0.1) is 33.0 Å². The Morgan fingerprint density at radius 3 is 2.96 bits per heavy atom. The van der Waals surface area contributed by atoms with Crippen LogP contribution in [0.15, 0.2) is 29.3 Å². The van der Waals surface area contributed by atoms with E-state index in [1.165, 1.54) is 0 Å². The molecule has 2 heterocycles. The van der Waals surface area contributed by atoms with Crippen LogP contribution in [0.5, 0.6) is 0 Å². The number of benzene rings is 1. The molecule has 2 saturated heterocycles. The van der Waals surface area contributed by atoms with E-state index in [0.29, 0.717) is 38.9 Å². The zero-order valence-corrected chi connectivity index (χ0v) is 14.0. The highest BCUT2D eigenvalue weighted by Crippen LogP contribution is 2.33. The molecule has 7 nitrogen and oxygen atoms in total. The normalized spacial score (nSPS) is 23.5. The molecule has 132 valence electrons. The van der Waals surface area contributed by atoms with Gasteiger partial charge >= 0.3 is 0 Å². The summed E-state index contributed by atoms with van der Waals surface area (Å²) in [7, 11) is 1.66. The van der Waals surface area contributed by atoms with Crippen molar-refractivity contribution in [1.29, 1.82) is 0 Å². The highest BCUT2D eigenvalue weighted by molar-refractivity contribution is 5.92. The van der Waals surface area contributed by atoms with Crippen LogP contribution >= 0.6 is 0 Å². The Bertz CT molecular complexity index is 573. The van der Waals surface area contributed by atoms with Crippen LogP contribution in [0.1, 0.15) is 18.4 Å². The fraction of sp³-hybridized carbons (Fsp3) is 0.588. The van der Waals surface area contributed by atoms with Gasteiger partial charge in [-0.15, -0.1) is 0 Å². The number of methoxy groups -OCH3 is 1. The molecule has 0 aliphatic carbocycles. The van der Waals surface area contributed by atoms with Gasteiger partial charge in [0.25, 0.3) is 0 Å². The lowest BCUT2D eigenvalue weighted by atomic mass is 10.1. The minimum Gasteiger partial charge on any atom is -0.381 e. The lowest BCUT2D eigenvalue weighted by Gasteiger charge is -2.31. The number of ether oxygens (including phenoxy) is 4. The summed E-state index contributed by atoms with van der Waals surface area (Å²) in [6.07, 6.45) is 1.47. The van der Waals surface area contributed by atoms with Gasteiger partial charge in [0.2, 0.25) is 0 Å². The molecular weight excluding hydrogens is 310 g/mol. The van der Waals surface area contributed by atoms with Crippen molar-refractivity contribution in [3.63, 3.8) is 0 Å². The summed E-state index contributed by atoms with van der Waals surface area (Å²) >= 11 is 0. The standard InChI is InChI=1S/C17H25N3O4/c1-21-11-13-4-2-3-5-15(13)20-16(18)19-10-14-12-23-17(24-14)6-8-22-9-7-17/h2-5,14H,6-12H2,1H3,(H3,18,19,20). The van der Waals surface area contributed by atoms with E-state index in [1.54, 1.807) is 7.11 Å². The van der Waals surface area contributed by atoms with Gasteiger partial charge in [-0.25, -0.2) is 0 Å². The van der Waals surface area contributed by atoms with Crippen molar-refractivity contribution >= 4 is 11.6 Å². The van der Waals surface area contributed by atoms with Crippen molar-refractivity contribution in [2.24, 2.45) is 10.7 Å². The Kier molecular flexibility index (Phi) is 5.68. The summed E-state index contributed by atoms with van der Waals surface area (Å²) in [5.41, 5.74) is 7.92. The number of nitrogens with two attached hydrogens (primary N) is 1. The molecule has 1 aromatic rings. The smallest absolute Gasteiger partial charge is 0.193 e. The van der Waals surface area contributed by atoms with Crippen molar-refractivity contribution in [2.75, 3.05) is 38.8 Å². The number of hydrogen-bond donors (Lipinski definition) is 2. The van der Waals surface area contributed by atoms with Gasteiger partial charge in [-0.05, 0) is 6.07 Å². The lowest BCUT2D eigenvalue weighted by Crippen LogP contribution is -2.38. The van der Waals surface area contributed by atoms with Crippen LogP contribution in [0, 0.1) is 0 Å². The summed E-state index contributed by atoms with van der Waals surface area (Å²) < 4.78 is 22.4. The molecule has 7 heteroatoms. The van der Waals surface area contributed by atoms with Gasteiger partial charge in [-0.3, -0.25) is 4.99 Å². The van der Waals surface area contributed by atoms with Crippen LogP contribution in [-0.4, -0.2) is 51.3 Å². The van der Waals surface area contributed by atoms with Gasteiger partial charge in [0, 0.05) is 31.2 Å². The first-order valence-electron chi connectivity index (χ1n) is 8.24. The van der Waals surface area contributed by atoms with Crippen molar-refractivity contribution in [1.82, 2.24) is 0 Å². The topological polar surface area (TPSA) is 87.3 Å². The molecule has 2 fully saturated rings. The maximum atomic E-state index is 6.04. The summed E-state index contributed by atoms with van der Waals surface area (Å²) in [6.45, 7) is 2.87. The molecule has 3 N–H and O–H groups in total. The van der Waals surface area contributed by atoms with E-state index in [-0.39, 0.29) is 6.10 Å². The second-order valence-corrected chi connectivity index (χ2v) is 6.02. The molecule has 0 saturated carbocycles. The summed E-state index contributed by atoms with van der Waals surface area (Å²) in [5.74, 6) is -0.124. The molecule has 24 heavy (non-hydrogen) atoms. The molecule has 1 atom stereocenters. The quantitative estimate of drug-likeness (QED) is 0.626. The third kappa shape index (κ3) is 4.24. The highest BCUT2D eigenvalue weighted by atomic mass is 16.7. The van der Waals surface area contributed by atoms with E-state index in [4.69, 9.17) is 24.7 Å². The van der Waals surface area contributed by atoms with Crippen LogP contribution in [0.3, 0.4) is 0 Å². The first kappa shape index (κ1) is 17.2. The zero-order valence-electron chi connectivity index (χ0n) is 14.0. The average Bonchev–Trinajstić information content (AvgIpc) is 2.98. The van der Waals surface area contributed by atoms with Crippen molar-refractivity contribution in [3.05, 3.63) is 29.8 Å². The number of para-hydroxylation sites is 1. The summed E-state index contributed by atoms with van der Waals surface area (Å²) in [6, 6.07) is 7.84. The molecule has 0 amide bonds. The van der Waals surface area contributed by atoms with Gasteiger partial charge in [-0.2, -0.15) is 0 Å². The molecule has 3 rings (SSSR count). The van der Waals surface area contributed by atoms with Crippen molar-refractivity contribution in [3.8, 4) is 0 Å². The van der Waals surface area contributed by atoms with Crippen LogP contribution in [0.25, 0.3) is 0 Å². The molecule has 1 spiro atoms. The van der Waals surface area contributed by atoms with E-state index < -0.39 is 5.79 Å². The maximum Gasteiger partial charge on any atom is 0.193 e. The minimum absolute atomic E-state index is 0.0716. The fourth-order valence-corrected chi connectivity index (χ4v) is 2.95. The van der Waals surface area contributed by atoms with Crippen LogP contribution < -0.4 is 11.1 Å². The Labute approximate surface area is 142 Å². The molecule has 0 aromatic heterocycles. The molecule has 2 aliphatic heterocycles. The lowest BCUT2D eigenvalue weighted by molar-refractivity contribution is -0.210. The number of nitrogens with zero attached hydrogens (tertiary/aromatic N) is 1. The number of guanidine groups is 1. The highest BCUT2D eigenvalue weighted by Gasteiger charge is 2.42. The minimum atomic E-state index is -0.480. The van der Waals surface area contributed by atoms with E-state index in [9.17, 15) is 0 Å². The number of anilines is 1. The fourth-order valence-electron chi connectivity index (χ4n) is 2.95. The first-order valence-corrected chi connectivity index (χ1v) is 8.24. The van der Waals surface area contributed by atoms with Gasteiger partial charge in [-0.1, -0.05) is 18.2 Å². The van der Waals surface area contributed by atoms with Crippen molar-refractivity contribution < 1.29 is 18.9 Å². The number of nitrogens with one attached hydrogen (secondary N) is 1. The van der Waals surface area contributed by atoms with Gasteiger partial charge in [0.1, 0.15) is 6.10 Å². The van der Waals surface area contributed by atoms with Gasteiger partial charge in [0.15, 0.2) is 11.7 Å². The molecular formula is C17H25N3O4. The monoisotopic (exact) mass is 335 g/mol. The number of hydrogen-bond acceptors (Lipinski definition) is 5. The predicted molar refractivity (Wildman–Crippen MR) is 90.9 cm³/mol. The largest absolute Gasteiger partial charge is 0.381 e. The number of rotatable bonds is 5. The first-order chi connectivity index (χ1) is 11.7. The summed E-state index contributed by atoms with van der Waals surface area (Å²) in [4.78, 5) is 4.39. The molecule has 0 radical (unpaired) electrons. The Balaban J connectivity index is 1.53. The molecule has 1 unspecified atom stereocenters. The van der Waals surface area contributed by atoms with Crippen LogP contribution in [0.2, 0.25) is 0 Å². The predicted octanol–water partition coefficient (Wildman–Crippen LogP) is 1.48. The third-order valence-electron chi connectivity index (χ3n) is 4.21. The third-order valence-corrected chi connectivity index (χ3v) is 4.21. The van der Waals surface area contributed by atoms with E-state index in [2.05, 4.69) is 10.3 Å². The van der Waals surface area contributed by atoms with Gasteiger partial charge < -0.3 is 30.0 Å². The molecule has 1 aromatic carbocycles. The Morgan fingerprint density at radius 2 is 2.17 bits per heavy atom. The van der Waals surface area contributed by atoms with Crippen LogP contribution in [0.4, 0.5) is 5.69 Å². The maximum absolute atomic E-state index is 6.04. The SMILES string of the molecule is COCc1ccccc1NC(N)=NCC1COC2(CCOCC2)O1. The average molecular weight is 335 g/mol. The van der Waals surface area contributed by atoms with Crippen LogP contribution in [-0.2, 0) is 25.6 Å². The van der Waals surface area contributed by atoms with Crippen molar-refractivity contribution in [2.45, 2.75) is 31.3 Å². The van der Waals surface area contributed by atoms with E-state index >= 15 is 0 Å². The second kappa shape index (κ2) is 7.94. The molecule has 2 aliphatic rings.